The number of hydrogen-bond donors (Lipinski definition) is 1. The monoisotopic (exact) mass is 283 g/mol. The van der Waals surface area contributed by atoms with E-state index in [1.54, 1.807) is 0 Å². The summed E-state index contributed by atoms with van der Waals surface area (Å²) in [6, 6.07) is 10.7. The number of nitrogens with zero attached hydrogens (tertiary/aromatic N) is 2. The largest absolute Gasteiger partial charge is 0.494 e. The molecule has 0 unspecified atom stereocenters. The lowest BCUT2D eigenvalue weighted by Crippen LogP contribution is -2.16. The summed E-state index contributed by atoms with van der Waals surface area (Å²) in [6.07, 6.45) is 2.57. The van der Waals surface area contributed by atoms with Gasteiger partial charge in [-0.05, 0) is 44.9 Å². The number of benzene rings is 1. The molecular formula is C17H21N3O. The molecule has 0 aliphatic heterocycles. The first-order chi connectivity index (χ1) is 10.2. The van der Waals surface area contributed by atoms with Crippen LogP contribution in [0, 0.1) is 6.92 Å². The van der Waals surface area contributed by atoms with Crippen LogP contribution in [0.15, 0.2) is 30.3 Å². The van der Waals surface area contributed by atoms with Gasteiger partial charge in [-0.25, -0.2) is 9.97 Å². The highest BCUT2D eigenvalue weighted by Gasteiger charge is 2.20. The summed E-state index contributed by atoms with van der Waals surface area (Å²) < 4.78 is 5.55. The molecule has 1 aliphatic rings. The fourth-order valence-corrected chi connectivity index (χ4v) is 2.28. The molecule has 21 heavy (non-hydrogen) atoms. The van der Waals surface area contributed by atoms with E-state index in [9.17, 15) is 0 Å². The smallest absolute Gasteiger partial charge is 0.159 e. The molecule has 4 nitrogen and oxygen atoms in total. The lowest BCUT2D eigenvalue weighted by Gasteiger charge is -2.08. The van der Waals surface area contributed by atoms with Crippen molar-refractivity contribution in [3.05, 3.63) is 41.7 Å². The molecule has 0 radical (unpaired) electrons. The molecule has 1 aromatic heterocycles. The number of aryl methyl sites for hydroxylation is 1. The van der Waals surface area contributed by atoms with E-state index >= 15 is 0 Å². The zero-order valence-corrected chi connectivity index (χ0v) is 12.6. The van der Waals surface area contributed by atoms with E-state index in [4.69, 9.17) is 4.74 Å². The second kappa shape index (κ2) is 6.22. The highest BCUT2D eigenvalue weighted by molar-refractivity contribution is 5.57. The summed E-state index contributed by atoms with van der Waals surface area (Å²) in [7, 11) is 0. The van der Waals surface area contributed by atoms with Gasteiger partial charge in [0.05, 0.1) is 12.3 Å². The van der Waals surface area contributed by atoms with E-state index in [0.717, 1.165) is 35.1 Å². The molecule has 0 saturated heterocycles. The maximum Gasteiger partial charge on any atom is 0.159 e. The zero-order valence-electron chi connectivity index (χ0n) is 12.6. The van der Waals surface area contributed by atoms with Gasteiger partial charge in [-0.1, -0.05) is 12.1 Å². The fourth-order valence-electron chi connectivity index (χ4n) is 2.28. The van der Waals surface area contributed by atoms with Gasteiger partial charge in [0.2, 0.25) is 0 Å². The number of hydrogen-bond acceptors (Lipinski definition) is 4. The molecule has 1 heterocycles. The van der Waals surface area contributed by atoms with Crippen molar-refractivity contribution in [2.75, 3.05) is 6.61 Å². The lowest BCUT2D eigenvalue weighted by atomic mass is 10.2. The SMILES string of the molecule is CCOc1cccc(-c2nc(C)cc(CNC3CC3)n2)c1. The highest BCUT2D eigenvalue weighted by atomic mass is 16.5. The molecule has 1 saturated carbocycles. The Morgan fingerprint density at radius 2 is 2.10 bits per heavy atom. The van der Waals surface area contributed by atoms with E-state index < -0.39 is 0 Å². The van der Waals surface area contributed by atoms with Crippen molar-refractivity contribution in [3.8, 4) is 17.1 Å². The first-order valence-electron chi connectivity index (χ1n) is 7.56. The average molecular weight is 283 g/mol. The van der Waals surface area contributed by atoms with Crippen LogP contribution >= 0.6 is 0 Å². The third-order valence-electron chi connectivity index (χ3n) is 3.46. The molecule has 110 valence electrons. The van der Waals surface area contributed by atoms with Crippen LogP contribution in [0.1, 0.15) is 31.2 Å². The predicted octanol–water partition coefficient (Wildman–Crippen LogP) is 3.10. The second-order valence-corrected chi connectivity index (χ2v) is 5.44. The van der Waals surface area contributed by atoms with Crippen LogP contribution in [0.2, 0.25) is 0 Å². The van der Waals surface area contributed by atoms with Gasteiger partial charge in [0.25, 0.3) is 0 Å². The summed E-state index contributed by atoms with van der Waals surface area (Å²) in [5.74, 6) is 1.63. The Bertz CT molecular complexity index is 623. The molecule has 0 amide bonds. The van der Waals surface area contributed by atoms with E-state index in [1.165, 1.54) is 12.8 Å². The van der Waals surface area contributed by atoms with Crippen LogP contribution in [0.3, 0.4) is 0 Å². The third-order valence-corrected chi connectivity index (χ3v) is 3.46. The molecule has 0 atom stereocenters. The van der Waals surface area contributed by atoms with Gasteiger partial charge in [-0.15, -0.1) is 0 Å². The van der Waals surface area contributed by atoms with Crippen LogP contribution < -0.4 is 10.1 Å². The number of nitrogens with one attached hydrogen (secondary N) is 1. The third kappa shape index (κ3) is 3.79. The summed E-state index contributed by atoms with van der Waals surface area (Å²) in [5, 5.41) is 3.50. The normalized spacial score (nSPS) is 14.2. The zero-order chi connectivity index (χ0) is 14.7. The number of rotatable bonds is 6. The van der Waals surface area contributed by atoms with Crippen LogP contribution in [0.5, 0.6) is 5.75 Å². The molecule has 2 aromatic rings. The molecule has 0 spiro atoms. The minimum atomic E-state index is 0.661. The Kier molecular flexibility index (Phi) is 4.15. The van der Waals surface area contributed by atoms with Crippen molar-refractivity contribution < 1.29 is 4.74 Å². The van der Waals surface area contributed by atoms with Gasteiger partial charge >= 0.3 is 0 Å². The summed E-state index contributed by atoms with van der Waals surface area (Å²) in [4.78, 5) is 9.23. The van der Waals surface area contributed by atoms with Crippen molar-refractivity contribution in [1.82, 2.24) is 15.3 Å². The van der Waals surface area contributed by atoms with E-state index in [1.807, 2.05) is 44.2 Å². The second-order valence-electron chi connectivity index (χ2n) is 5.44. The Labute approximate surface area is 125 Å². The summed E-state index contributed by atoms with van der Waals surface area (Å²) in [6.45, 7) is 5.47. The minimum Gasteiger partial charge on any atom is -0.494 e. The Balaban J connectivity index is 1.84. The number of ether oxygens (including phenoxy) is 1. The lowest BCUT2D eigenvalue weighted by molar-refractivity contribution is 0.340. The van der Waals surface area contributed by atoms with E-state index in [0.29, 0.717) is 12.6 Å². The van der Waals surface area contributed by atoms with E-state index in [2.05, 4.69) is 15.3 Å². The van der Waals surface area contributed by atoms with Gasteiger partial charge < -0.3 is 10.1 Å². The van der Waals surface area contributed by atoms with Crippen LogP contribution in [-0.4, -0.2) is 22.6 Å². The molecule has 1 fully saturated rings. The van der Waals surface area contributed by atoms with Gasteiger partial charge in [0.15, 0.2) is 5.82 Å². The van der Waals surface area contributed by atoms with Gasteiger partial charge in [-0.2, -0.15) is 0 Å². The van der Waals surface area contributed by atoms with Crippen molar-refractivity contribution in [2.24, 2.45) is 0 Å². The predicted molar refractivity (Wildman–Crippen MR) is 83.2 cm³/mol. The summed E-state index contributed by atoms with van der Waals surface area (Å²) >= 11 is 0. The first kappa shape index (κ1) is 14.0. The van der Waals surface area contributed by atoms with Crippen molar-refractivity contribution in [2.45, 2.75) is 39.3 Å². The fraction of sp³-hybridized carbons (Fsp3) is 0.412. The first-order valence-corrected chi connectivity index (χ1v) is 7.56. The molecule has 3 rings (SSSR count). The molecular weight excluding hydrogens is 262 g/mol. The van der Waals surface area contributed by atoms with Crippen molar-refractivity contribution in [3.63, 3.8) is 0 Å². The maximum absolute atomic E-state index is 5.55. The molecule has 1 N–H and O–H groups in total. The van der Waals surface area contributed by atoms with Crippen molar-refractivity contribution in [1.29, 1.82) is 0 Å². The topological polar surface area (TPSA) is 47.0 Å². The maximum atomic E-state index is 5.55. The molecule has 1 aromatic carbocycles. The van der Waals surface area contributed by atoms with Gasteiger partial charge in [0, 0.05) is 23.8 Å². The highest BCUT2D eigenvalue weighted by Crippen LogP contribution is 2.22. The molecule has 0 bridgehead atoms. The van der Waals surface area contributed by atoms with Crippen LogP contribution in [0.25, 0.3) is 11.4 Å². The van der Waals surface area contributed by atoms with Gasteiger partial charge in [-0.3, -0.25) is 0 Å². The number of aromatic nitrogens is 2. The average Bonchev–Trinajstić information content (AvgIpc) is 3.29. The standard InChI is InChI=1S/C17H21N3O/c1-3-21-16-6-4-5-13(10-16)17-19-12(2)9-15(20-17)11-18-14-7-8-14/h4-6,9-10,14,18H,3,7-8,11H2,1-2H3. The molecule has 4 heteroatoms. The van der Waals surface area contributed by atoms with Crippen LogP contribution in [-0.2, 0) is 6.54 Å². The Hall–Kier alpha value is -1.94. The Morgan fingerprint density at radius 1 is 1.24 bits per heavy atom. The van der Waals surface area contributed by atoms with Crippen LogP contribution in [0.4, 0.5) is 0 Å². The quantitative estimate of drug-likeness (QED) is 0.885. The minimum absolute atomic E-state index is 0.661. The van der Waals surface area contributed by atoms with Crippen molar-refractivity contribution >= 4 is 0 Å². The summed E-state index contributed by atoms with van der Waals surface area (Å²) in [5.41, 5.74) is 3.04. The van der Waals surface area contributed by atoms with Gasteiger partial charge in [0.1, 0.15) is 5.75 Å². The Morgan fingerprint density at radius 3 is 2.86 bits per heavy atom. The van der Waals surface area contributed by atoms with E-state index in [-0.39, 0.29) is 0 Å². The molecule has 1 aliphatic carbocycles.